The Morgan fingerprint density at radius 2 is 2.00 bits per heavy atom. The molecule has 1 saturated carbocycles. The van der Waals surface area contributed by atoms with Crippen LogP contribution in [0.25, 0.3) is 0 Å². The summed E-state index contributed by atoms with van der Waals surface area (Å²) < 4.78 is 8.62. The second-order valence-electron chi connectivity index (χ2n) is 6.63. The molecule has 1 saturated heterocycles. The number of hydrogen-bond donors (Lipinski definition) is 1. The lowest BCUT2D eigenvalue weighted by atomic mass is 9.98. The van der Waals surface area contributed by atoms with Crippen LogP contribution in [0.1, 0.15) is 69.3 Å². The Bertz CT molecular complexity index is 488. The molecule has 1 aromatic heterocycles. The monoisotopic (exact) mass is 291 g/mol. The summed E-state index contributed by atoms with van der Waals surface area (Å²) in [5, 5.41) is 4.81. The van der Waals surface area contributed by atoms with Gasteiger partial charge in [0.2, 0.25) is 0 Å². The van der Waals surface area contributed by atoms with Crippen LogP contribution in [0.4, 0.5) is 0 Å². The van der Waals surface area contributed by atoms with Gasteiger partial charge >= 0.3 is 0 Å². The standard InChI is InChI=1S/C17H29N3O/c1-3-15-14(11-18)16(4-2)20(19-15)12-13-7-10-17(21-13)8-5-6-9-17/h13H,3-12,18H2,1-2H3. The van der Waals surface area contributed by atoms with E-state index in [1.165, 1.54) is 55.5 Å². The second-order valence-corrected chi connectivity index (χ2v) is 6.63. The van der Waals surface area contributed by atoms with Crippen molar-refractivity contribution in [2.24, 2.45) is 5.73 Å². The number of hydrogen-bond acceptors (Lipinski definition) is 3. The first kappa shape index (κ1) is 15.0. The number of aromatic nitrogens is 2. The Kier molecular flexibility index (Phi) is 4.36. The molecule has 3 rings (SSSR count). The SMILES string of the molecule is CCc1nn(CC2CCC3(CCCC3)O2)c(CC)c1CN. The highest BCUT2D eigenvalue weighted by Crippen LogP contribution is 2.43. The van der Waals surface area contributed by atoms with Gasteiger partial charge in [-0.15, -0.1) is 0 Å². The van der Waals surface area contributed by atoms with Crippen molar-refractivity contribution in [3.8, 4) is 0 Å². The summed E-state index contributed by atoms with van der Waals surface area (Å²) in [6.07, 6.45) is 9.92. The number of nitrogens with zero attached hydrogens (tertiary/aromatic N) is 2. The van der Waals surface area contributed by atoms with Gasteiger partial charge in [-0.2, -0.15) is 5.10 Å². The molecule has 0 bridgehead atoms. The average molecular weight is 291 g/mol. The van der Waals surface area contributed by atoms with E-state index in [0.717, 1.165) is 19.4 Å². The highest BCUT2D eigenvalue weighted by Gasteiger charge is 2.42. The lowest BCUT2D eigenvalue weighted by molar-refractivity contribution is -0.0431. The zero-order valence-corrected chi connectivity index (χ0v) is 13.5. The van der Waals surface area contributed by atoms with Crippen LogP contribution < -0.4 is 5.73 Å². The molecule has 1 aliphatic carbocycles. The highest BCUT2D eigenvalue weighted by molar-refractivity contribution is 5.26. The van der Waals surface area contributed by atoms with Crippen molar-refractivity contribution >= 4 is 0 Å². The molecule has 1 spiro atoms. The van der Waals surface area contributed by atoms with Gasteiger partial charge in [0.15, 0.2) is 0 Å². The van der Waals surface area contributed by atoms with Crippen LogP contribution in [0, 0.1) is 0 Å². The van der Waals surface area contributed by atoms with Gasteiger partial charge in [0.1, 0.15) is 0 Å². The summed E-state index contributed by atoms with van der Waals surface area (Å²) in [6, 6.07) is 0. The molecule has 21 heavy (non-hydrogen) atoms. The fraction of sp³-hybridized carbons (Fsp3) is 0.824. The Balaban J connectivity index is 1.74. The fourth-order valence-electron chi connectivity index (χ4n) is 4.26. The van der Waals surface area contributed by atoms with Crippen molar-refractivity contribution in [3.63, 3.8) is 0 Å². The molecular formula is C17H29N3O. The highest BCUT2D eigenvalue weighted by atomic mass is 16.5. The summed E-state index contributed by atoms with van der Waals surface area (Å²) >= 11 is 0. The molecule has 2 fully saturated rings. The van der Waals surface area contributed by atoms with E-state index in [2.05, 4.69) is 18.5 Å². The summed E-state index contributed by atoms with van der Waals surface area (Å²) in [5.74, 6) is 0. The van der Waals surface area contributed by atoms with Crippen molar-refractivity contribution in [2.75, 3.05) is 0 Å². The zero-order valence-electron chi connectivity index (χ0n) is 13.5. The van der Waals surface area contributed by atoms with E-state index in [4.69, 9.17) is 15.6 Å². The van der Waals surface area contributed by atoms with Gasteiger partial charge in [-0.3, -0.25) is 4.68 Å². The molecule has 1 atom stereocenters. The van der Waals surface area contributed by atoms with E-state index in [1.54, 1.807) is 0 Å². The molecule has 1 aromatic rings. The van der Waals surface area contributed by atoms with E-state index in [0.29, 0.717) is 12.6 Å². The Morgan fingerprint density at radius 3 is 2.62 bits per heavy atom. The third kappa shape index (κ3) is 2.76. The first-order valence-electron chi connectivity index (χ1n) is 8.66. The van der Waals surface area contributed by atoms with Crippen LogP contribution >= 0.6 is 0 Å². The molecule has 2 N–H and O–H groups in total. The molecule has 0 amide bonds. The predicted octanol–water partition coefficient (Wildman–Crippen LogP) is 2.96. The van der Waals surface area contributed by atoms with Gasteiger partial charge in [-0.05, 0) is 38.5 Å². The maximum Gasteiger partial charge on any atom is 0.0779 e. The first-order valence-corrected chi connectivity index (χ1v) is 8.66. The first-order chi connectivity index (χ1) is 10.2. The van der Waals surface area contributed by atoms with E-state index >= 15 is 0 Å². The molecule has 0 aromatic carbocycles. The maximum absolute atomic E-state index is 6.44. The van der Waals surface area contributed by atoms with Crippen LogP contribution in [0.15, 0.2) is 0 Å². The average Bonchev–Trinajstić information content (AvgIpc) is 3.19. The molecule has 1 unspecified atom stereocenters. The van der Waals surface area contributed by atoms with Gasteiger partial charge in [0.25, 0.3) is 0 Å². The number of nitrogens with two attached hydrogens (primary N) is 1. The minimum Gasteiger partial charge on any atom is -0.370 e. The van der Waals surface area contributed by atoms with Crippen LogP contribution in [-0.4, -0.2) is 21.5 Å². The molecule has 1 aliphatic heterocycles. The van der Waals surface area contributed by atoms with Gasteiger partial charge < -0.3 is 10.5 Å². The molecule has 4 heteroatoms. The quantitative estimate of drug-likeness (QED) is 0.907. The van der Waals surface area contributed by atoms with Crippen molar-refractivity contribution in [2.45, 2.75) is 90.0 Å². The van der Waals surface area contributed by atoms with Gasteiger partial charge in [0, 0.05) is 17.8 Å². The third-order valence-corrected chi connectivity index (χ3v) is 5.35. The Morgan fingerprint density at radius 1 is 1.24 bits per heavy atom. The van der Waals surface area contributed by atoms with Gasteiger partial charge in [-0.1, -0.05) is 26.7 Å². The minimum absolute atomic E-state index is 0.217. The predicted molar refractivity (Wildman–Crippen MR) is 84.2 cm³/mol. The van der Waals surface area contributed by atoms with Crippen molar-refractivity contribution in [3.05, 3.63) is 17.0 Å². The number of rotatable bonds is 5. The topological polar surface area (TPSA) is 53.1 Å². The second kappa shape index (κ2) is 6.09. The molecule has 2 heterocycles. The van der Waals surface area contributed by atoms with Crippen LogP contribution in [0.5, 0.6) is 0 Å². The van der Waals surface area contributed by atoms with E-state index < -0.39 is 0 Å². The maximum atomic E-state index is 6.44. The summed E-state index contributed by atoms with van der Waals surface area (Å²) in [6.45, 7) is 5.85. The lowest BCUT2D eigenvalue weighted by Crippen LogP contribution is -2.27. The normalized spacial score (nSPS) is 24.2. The number of aryl methyl sites for hydroxylation is 1. The van der Waals surface area contributed by atoms with Crippen molar-refractivity contribution < 1.29 is 4.74 Å². The van der Waals surface area contributed by atoms with Crippen LogP contribution in [-0.2, 0) is 30.7 Å². The Hall–Kier alpha value is -0.870. The largest absolute Gasteiger partial charge is 0.370 e. The van der Waals surface area contributed by atoms with E-state index in [-0.39, 0.29) is 5.60 Å². The fourth-order valence-corrected chi connectivity index (χ4v) is 4.26. The summed E-state index contributed by atoms with van der Waals surface area (Å²) in [7, 11) is 0. The smallest absolute Gasteiger partial charge is 0.0779 e. The summed E-state index contributed by atoms with van der Waals surface area (Å²) in [4.78, 5) is 0. The van der Waals surface area contributed by atoms with Crippen LogP contribution in [0.2, 0.25) is 0 Å². The minimum atomic E-state index is 0.217. The number of ether oxygens (including phenoxy) is 1. The van der Waals surface area contributed by atoms with Crippen molar-refractivity contribution in [1.29, 1.82) is 0 Å². The lowest BCUT2D eigenvalue weighted by Gasteiger charge is -2.24. The molecule has 0 radical (unpaired) electrons. The van der Waals surface area contributed by atoms with Gasteiger partial charge in [-0.25, -0.2) is 0 Å². The molecule has 118 valence electrons. The van der Waals surface area contributed by atoms with Gasteiger partial charge in [0.05, 0.1) is 23.9 Å². The van der Waals surface area contributed by atoms with E-state index in [9.17, 15) is 0 Å². The zero-order chi connectivity index (χ0) is 14.9. The van der Waals surface area contributed by atoms with Crippen LogP contribution in [0.3, 0.4) is 0 Å². The summed E-state index contributed by atoms with van der Waals surface area (Å²) in [5.41, 5.74) is 9.89. The Labute approximate surface area is 128 Å². The molecular weight excluding hydrogens is 262 g/mol. The van der Waals surface area contributed by atoms with E-state index in [1.807, 2.05) is 0 Å². The molecule has 4 nitrogen and oxygen atoms in total. The molecule has 2 aliphatic rings. The third-order valence-electron chi connectivity index (χ3n) is 5.35. The van der Waals surface area contributed by atoms with Crippen molar-refractivity contribution in [1.82, 2.24) is 9.78 Å².